The Kier molecular flexibility index (Phi) is 14.5. The molecule has 3 aliphatic heterocycles. The van der Waals surface area contributed by atoms with Gasteiger partial charge in [-0.25, -0.2) is 8.78 Å². The smallest absolute Gasteiger partial charge is 0.223 e. The Bertz CT molecular complexity index is 824. The largest absolute Gasteiger partial charge is 0.394 e. The Hall–Kier alpha value is -1.03. The number of ether oxygens (including phenoxy) is 2. The van der Waals surface area contributed by atoms with E-state index in [0.717, 1.165) is 58.5 Å². The van der Waals surface area contributed by atoms with Gasteiger partial charge in [-0.05, 0) is 50.9 Å². The zero-order chi connectivity index (χ0) is 31.5. The number of carbonyl (C=O) groups is 1. The summed E-state index contributed by atoms with van der Waals surface area (Å²) in [5.74, 6) is -0.479. The molecule has 11 nitrogen and oxygen atoms in total. The molecule has 0 aromatic heterocycles. The molecule has 0 aromatic rings. The number of alkyl halides is 2. The van der Waals surface area contributed by atoms with Crippen molar-refractivity contribution < 1.29 is 38.4 Å². The van der Waals surface area contributed by atoms with Gasteiger partial charge in [0.15, 0.2) is 0 Å². The highest BCUT2D eigenvalue weighted by Crippen LogP contribution is 2.35. The van der Waals surface area contributed by atoms with Crippen LogP contribution in [0.25, 0.3) is 0 Å². The van der Waals surface area contributed by atoms with E-state index in [4.69, 9.17) is 9.47 Å². The first-order valence-electron chi connectivity index (χ1n) is 16.9. The van der Waals surface area contributed by atoms with Gasteiger partial charge in [-0.15, -0.1) is 0 Å². The van der Waals surface area contributed by atoms with E-state index >= 15 is 8.78 Å². The number of halogens is 2. The normalized spacial score (nSPS) is 32.8. The molecule has 3 saturated heterocycles. The summed E-state index contributed by atoms with van der Waals surface area (Å²) < 4.78 is 41.8. The quantitative estimate of drug-likeness (QED) is 0.132. The lowest BCUT2D eigenvalue weighted by atomic mass is 9.81. The molecule has 0 aromatic carbocycles. The van der Waals surface area contributed by atoms with Crippen LogP contribution in [0.15, 0.2) is 0 Å². The summed E-state index contributed by atoms with van der Waals surface area (Å²) in [5, 5.41) is 38.5. The lowest BCUT2D eigenvalue weighted by Gasteiger charge is -2.41. The minimum atomic E-state index is -1.41. The molecule has 0 bridgehead atoms. The van der Waals surface area contributed by atoms with Crippen molar-refractivity contribution in [2.45, 2.75) is 94.7 Å². The molecule has 4 fully saturated rings. The summed E-state index contributed by atoms with van der Waals surface area (Å²) in [7, 11) is 0. The molecule has 2 unspecified atom stereocenters. The van der Waals surface area contributed by atoms with E-state index in [9.17, 15) is 20.1 Å². The van der Waals surface area contributed by atoms with Gasteiger partial charge in [0.25, 0.3) is 0 Å². The minimum absolute atomic E-state index is 0.0712. The van der Waals surface area contributed by atoms with E-state index in [1.807, 2.05) is 6.92 Å². The summed E-state index contributed by atoms with van der Waals surface area (Å²) in [6.07, 6.45) is 2.17. The Balaban J connectivity index is 1.08. The van der Waals surface area contributed by atoms with Gasteiger partial charge in [0.1, 0.15) is 18.6 Å². The zero-order valence-corrected chi connectivity index (χ0v) is 26.5. The SMILES string of the molecule is CCOC1CNC(N2CCC(CCCOC3CC(F)C(CC(=O)N4CC[C@@H](CNC(CO)(CO)CO)C4)C(F)C3)CC2)NC1. The Morgan fingerprint density at radius 2 is 1.57 bits per heavy atom. The highest BCUT2D eigenvalue weighted by molar-refractivity contribution is 5.77. The topological polar surface area (TPSA) is 139 Å². The van der Waals surface area contributed by atoms with Gasteiger partial charge >= 0.3 is 0 Å². The Morgan fingerprint density at radius 3 is 2.18 bits per heavy atom. The van der Waals surface area contributed by atoms with E-state index in [1.54, 1.807) is 4.90 Å². The highest BCUT2D eigenvalue weighted by atomic mass is 19.1. The predicted octanol–water partition coefficient (Wildman–Crippen LogP) is 0.375. The first-order chi connectivity index (χ1) is 21.3. The molecular weight excluding hydrogens is 576 g/mol. The third-order valence-electron chi connectivity index (χ3n) is 10.2. The van der Waals surface area contributed by atoms with Gasteiger partial charge in [0.05, 0.1) is 37.6 Å². The minimum Gasteiger partial charge on any atom is -0.394 e. The second-order valence-corrected chi connectivity index (χ2v) is 13.4. The molecular formula is C31H57F2N5O6. The van der Waals surface area contributed by atoms with Gasteiger partial charge in [-0.2, -0.15) is 0 Å². The van der Waals surface area contributed by atoms with Crippen LogP contribution in [0, 0.1) is 17.8 Å². The second kappa shape index (κ2) is 17.8. The maximum atomic E-state index is 15.1. The summed E-state index contributed by atoms with van der Waals surface area (Å²) >= 11 is 0. The second-order valence-electron chi connectivity index (χ2n) is 13.4. The van der Waals surface area contributed by atoms with Crippen LogP contribution in [0.1, 0.15) is 58.3 Å². The molecule has 0 radical (unpaired) electrons. The molecule has 0 spiro atoms. The number of rotatable bonds is 16. The molecule has 4 rings (SSSR count). The number of amides is 1. The van der Waals surface area contributed by atoms with E-state index in [2.05, 4.69) is 20.9 Å². The Morgan fingerprint density at radius 1 is 0.932 bits per heavy atom. The van der Waals surface area contributed by atoms with Crippen LogP contribution >= 0.6 is 0 Å². The number of carbonyl (C=O) groups excluding carboxylic acids is 1. The fourth-order valence-corrected chi connectivity index (χ4v) is 7.17. The van der Waals surface area contributed by atoms with Gasteiger partial charge in [0.2, 0.25) is 5.91 Å². The standard InChI is InChI=1S/C31H57F2N5O6/c1-2-43-25-16-34-30(35-17-25)37-8-5-22(6-9-37)4-3-11-44-24-12-27(32)26(28(33)13-24)14-29(42)38-10-7-23(18-38)15-36-31(19-39,20-40)21-41/h22-28,30,34-36,39-41H,2-21H2,1H3/t23-,24?,25?,26?,27?,28?,30?/m0/s1. The van der Waals surface area contributed by atoms with Crippen molar-refractivity contribution in [1.82, 2.24) is 25.8 Å². The van der Waals surface area contributed by atoms with Crippen molar-refractivity contribution in [3.05, 3.63) is 0 Å². The number of hydrogen-bond acceptors (Lipinski definition) is 10. The molecule has 3 heterocycles. The van der Waals surface area contributed by atoms with Gasteiger partial charge in [0, 0.05) is 84.2 Å². The maximum absolute atomic E-state index is 15.1. The lowest BCUT2D eigenvalue weighted by Crippen LogP contribution is -2.64. The zero-order valence-electron chi connectivity index (χ0n) is 26.5. The van der Waals surface area contributed by atoms with E-state index in [-0.39, 0.29) is 43.5 Å². The molecule has 13 heteroatoms. The van der Waals surface area contributed by atoms with E-state index in [0.29, 0.717) is 38.6 Å². The van der Waals surface area contributed by atoms with E-state index in [1.165, 1.54) is 0 Å². The number of piperidine rings is 1. The van der Waals surface area contributed by atoms with Gasteiger partial charge in [-0.1, -0.05) is 0 Å². The van der Waals surface area contributed by atoms with Crippen LogP contribution < -0.4 is 16.0 Å². The van der Waals surface area contributed by atoms with Crippen molar-refractivity contribution >= 4 is 5.91 Å². The number of aliphatic hydroxyl groups is 3. The van der Waals surface area contributed by atoms with Crippen molar-refractivity contribution in [2.24, 2.45) is 17.8 Å². The van der Waals surface area contributed by atoms with Crippen LogP contribution in [0.5, 0.6) is 0 Å². The molecule has 44 heavy (non-hydrogen) atoms. The number of hydrogen-bond donors (Lipinski definition) is 6. The van der Waals surface area contributed by atoms with Crippen molar-refractivity contribution in [2.75, 3.05) is 78.8 Å². The average molecular weight is 634 g/mol. The summed E-state index contributed by atoms with van der Waals surface area (Å²) in [4.78, 5) is 17.0. The van der Waals surface area contributed by atoms with Crippen LogP contribution in [0.2, 0.25) is 0 Å². The molecule has 1 amide bonds. The number of nitrogens with one attached hydrogen (secondary N) is 3. The van der Waals surface area contributed by atoms with Gasteiger partial charge in [-0.3, -0.25) is 20.3 Å². The average Bonchev–Trinajstić information content (AvgIpc) is 3.52. The van der Waals surface area contributed by atoms with Crippen molar-refractivity contribution in [1.29, 1.82) is 0 Å². The molecule has 1 aliphatic carbocycles. The molecule has 4 aliphatic rings. The monoisotopic (exact) mass is 633 g/mol. The van der Waals surface area contributed by atoms with Crippen molar-refractivity contribution in [3.63, 3.8) is 0 Å². The highest BCUT2D eigenvalue weighted by Gasteiger charge is 2.41. The van der Waals surface area contributed by atoms with Crippen LogP contribution in [-0.4, -0.2) is 146 Å². The Labute approximate surface area is 261 Å². The fourth-order valence-electron chi connectivity index (χ4n) is 7.17. The van der Waals surface area contributed by atoms with Crippen LogP contribution in [0.4, 0.5) is 8.78 Å². The summed E-state index contributed by atoms with van der Waals surface area (Å²) in [6, 6.07) is 0. The number of likely N-dealkylation sites (tertiary alicyclic amines) is 2. The molecule has 1 saturated carbocycles. The molecule has 256 valence electrons. The fraction of sp³-hybridized carbons (Fsp3) is 0.968. The predicted molar refractivity (Wildman–Crippen MR) is 162 cm³/mol. The first kappa shape index (κ1) is 35.8. The van der Waals surface area contributed by atoms with Crippen molar-refractivity contribution in [3.8, 4) is 0 Å². The third-order valence-corrected chi connectivity index (χ3v) is 10.2. The van der Waals surface area contributed by atoms with E-state index < -0.39 is 49.7 Å². The third kappa shape index (κ3) is 9.98. The molecule has 6 N–H and O–H groups in total. The summed E-state index contributed by atoms with van der Waals surface area (Å²) in [5.41, 5.74) is -1.17. The number of aliphatic hydroxyl groups excluding tert-OH is 3. The molecule has 3 atom stereocenters. The summed E-state index contributed by atoms with van der Waals surface area (Å²) in [6.45, 7) is 7.19. The first-order valence-corrected chi connectivity index (χ1v) is 16.9. The number of nitrogens with zero attached hydrogens (tertiary/aromatic N) is 2. The van der Waals surface area contributed by atoms with Crippen LogP contribution in [0.3, 0.4) is 0 Å². The lowest BCUT2D eigenvalue weighted by molar-refractivity contribution is -0.134. The van der Waals surface area contributed by atoms with Crippen LogP contribution in [-0.2, 0) is 14.3 Å². The maximum Gasteiger partial charge on any atom is 0.223 e. The van der Waals surface area contributed by atoms with Gasteiger partial charge < -0.3 is 35.0 Å².